The fraction of sp³-hybridized carbons (Fsp3) is 0.417. The third-order valence-electron chi connectivity index (χ3n) is 2.50. The van der Waals surface area contributed by atoms with Gasteiger partial charge in [0.05, 0.1) is 5.92 Å². The van der Waals surface area contributed by atoms with E-state index in [1.54, 1.807) is 0 Å². The van der Waals surface area contributed by atoms with Crippen LogP contribution in [-0.2, 0) is 4.79 Å². The third kappa shape index (κ3) is 2.13. The highest BCUT2D eigenvalue weighted by Gasteiger charge is 2.22. The van der Waals surface area contributed by atoms with Crippen LogP contribution in [0.15, 0.2) is 24.3 Å². The van der Waals surface area contributed by atoms with Crippen LogP contribution in [-0.4, -0.2) is 5.91 Å². The monoisotopic (exact) mass is 191 g/mol. The number of primary amides is 1. The molecule has 0 heterocycles. The van der Waals surface area contributed by atoms with Gasteiger partial charge in [0, 0.05) is 0 Å². The molecule has 14 heavy (non-hydrogen) atoms. The van der Waals surface area contributed by atoms with E-state index in [9.17, 15) is 4.79 Å². The highest BCUT2D eigenvalue weighted by molar-refractivity contribution is 5.82. The number of carbonyl (C=O) groups is 1. The Kier molecular flexibility index (Phi) is 3.28. The van der Waals surface area contributed by atoms with Gasteiger partial charge in [-0.1, -0.05) is 38.1 Å². The van der Waals surface area contributed by atoms with E-state index in [0.29, 0.717) is 0 Å². The molecule has 0 saturated carbocycles. The van der Waals surface area contributed by atoms with Crippen LogP contribution in [0.4, 0.5) is 0 Å². The number of hydrogen-bond donors (Lipinski definition) is 1. The molecule has 2 N–H and O–H groups in total. The van der Waals surface area contributed by atoms with Gasteiger partial charge in [0.25, 0.3) is 0 Å². The molecule has 2 nitrogen and oxygen atoms in total. The minimum Gasteiger partial charge on any atom is -0.369 e. The summed E-state index contributed by atoms with van der Waals surface area (Å²) in [6.45, 7) is 6.04. The predicted molar refractivity (Wildman–Crippen MR) is 58.0 cm³/mol. The molecule has 0 aliphatic rings. The van der Waals surface area contributed by atoms with Crippen molar-refractivity contribution in [2.24, 2.45) is 11.7 Å². The molecule has 1 aromatic carbocycles. The first-order valence-corrected chi connectivity index (χ1v) is 4.89. The normalized spacial score (nSPS) is 12.9. The van der Waals surface area contributed by atoms with Gasteiger partial charge >= 0.3 is 0 Å². The average Bonchev–Trinajstić information content (AvgIpc) is 2.07. The van der Waals surface area contributed by atoms with Gasteiger partial charge in [-0.25, -0.2) is 0 Å². The van der Waals surface area contributed by atoms with Gasteiger partial charge in [0.2, 0.25) is 5.91 Å². The lowest BCUT2D eigenvalue weighted by Crippen LogP contribution is -2.26. The molecule has 1 atom stereocenters. The van der Waals surface area contributed by atoms with Crippen molar-refractivity contribution in [2.75, 3.05) is 0 Å². The lowest BCUT2D eigenvalue weighted by molar-refractivity contribution is -0.120. The Bertz CT molecular complexity index is 331. The lowest BCUT2D eigenvalue weighted by atomic mass is 9.85. The van der Waals surface area contributed by atoms with Gasteiger partial charge in [-0.3, -0.25) is 4.79 Å². The Morgan fingerprint density at radius 3 is 2.29 bits per heavy atom. The van der Waals surface area contributed by atoms with Crippen LogP contribution in [0.1, 0.15) is 30.9 Å². The summed E-state index contributed by atoms with van der Waals surface area (Å²) in [5.74, 6) is -0.168. The number of rotatable bonds is 3. The van der Waals surface area contributed by atoms with E-state index in [-0.39, 0.29) is 17.7 Å². The highest BCUT2D eigenvalue weighted by atomic mass is 16.1. The van der Waals surface area contributed by atoms with Crippen LogP contribution < -0.4 is 5.73 Å². The fourth-order valence-corrected chi connectivity index (χ4v) is 1.78. The van der Waals surface area contributed by atoms with E-state index < -0.39 is 0 Å². The summed E-state index contributed by atoms with van der Waals surface area (Å²) in [7, 11) is 0. The SMILES string of the molecule is Cc1ccccc1C(C(N)=O)C(C)C. The van der Waals surface area contributed by atoms with Crippen molar-refractivity contribution in [3.63, 3.8) is 0 Å². The Labute approximate surface area is 85.1 Å². The highest BCUT2D eigenvalue weighted by Crippen LogP contribution is 2.26. The van der Waals surface area contributed by atoms with Gasteiger partial charge in [-0.05, 0) is 24.0 Å². The minimum atomic E-state index is -0.241. The minimum absolute atomic E-state index is 0.170. The van der Waals surface area contributed by atoms with Crippen LogP contribution >= 0.6 is 0 Å². The molecular formula is C12H17NO. The van der Waals surface area contributed by atoms with Crippen molar-refractivity contribution in [1.82, 2.24) is 0 Å². The second kappa shape index (κ2) is 4.27. The van der Waals surface area contributed by atoms with Crippen molar-refractivity contribution in [3.05, 3.63) is 35.4 Å². The van der Waals surface area contributed by atoms with Gasteiger partial charge in [-0.15, -0.1) is 0 Å². The Hall–Kier alpha value is -1.31. The number of benzene rings is 1. The second-order valence-electron chi connectivity index (χ2n) is 3.98. The first-order chi connectivity index (χ1) is 6.54. The maximum Gasteiger partial charge on any atom is 0.225 e. The molecule has 0 aliphatic heterocycles. The molecule has 1 rings (SSSR count). The summed E-state index contributed by atoms with van der Waals surface area (Å²) < 4.78 is 0. The van der Waals surface area contributed by atoms with Crippen molar-refractivity contribution in [1.29, 1.82) is 0 Å². The van der Waals surface area contributed by atoms with E-state index in [2.05, 4.69) is 0 Å². The smallest absolute Gasteiger partial charge is 0.225 e. The first kappa shape index (κ1) is 10.8. The molecule has 1 amide bonds. The standard InChI is InChI=1S/C12H17NO/c1-8(2)11(12(13)14)10-7-5-4-6-9(10)3/h4-8,11H,1-3H3,(H2,13,14). The van der Waals surface area contributed by atoms with Crippen LogP contribution in [0, 0.1) is 12.8 Å². The van der Waals surface area contributed by atoms with E-state index in [1.165, 1.54) is 0 Å². The molecule has 1 aromatic rings. The molecule has 0 bridgehead atoms. The third-order valence-corrected chi connectivity index (χ3v) is 2.50. The van der Waals surface area contributed by atoms with Gasteiger partial charge in [0.15, 0.2) is 0 Å². The lowest BCUT2D eigenvalue weighted by Gasteiger charge is -2.19. The molecule has 0 spiro atoms. The van der Waals surface area contributed by atoms with Crippen molar-refractivity contribution < 1.29 is 4.79 Å². The van der Waals surface area contributed by atoms with Crippen LogP contribution in [0.5, 0.6) is 0 Å². The molecule has 2 heteroatoms. The Morgan fingerprint density at radius 1 is 1.29 bits per heavy atom. The summed E-state index contributed by atoms with van der Waals surface area (Å²) in [4.78, 5) is 11.3. The van der Waals surface area contributed by atoms with Crippen molar-refractivity contribution in [3.8, 4) is 0 Å². The molecule has 1 unspecified atom stereocenters. The average molecular weight is 191 g/mol. The molecule has 0 aliphatic carbocycles. The topological polar surface area (TPSA) is 43.1 Å². The fourth-order valence-electron chi connectivity index (χ4n) is 1.78. The largest absolute Gasteiger partial charge is 0.369 e. The Balaban J connectivity index is 3.12. The second-order valence-corrected chi connectivity index (χ2v) is 3.98. The van der Waals surface area contributed by atoms with Gasteiger partial charge in [0.1, 0.15) is 0 Å². The number of carbonyl (C=O) groups excluding carboxylic acids is 1. The number of nitrogens with two attached hydrogens (primary N) is 1. The first-order valence-electron chi connectivity index (χ1n) is 4.89. The maximum absolute atomic E-state index is 11.3. The summed E-state index contributed by atoms with van der Waals surface area (Å²) >= 11 is 0. The number of amides is 1. The van der Waals surface area contributed by atoms with Crippen LogP contribution in [0.25, 0.3) is 0 Å². The molecule has 0 fully saturated rings. The molecule has 0 saturated heterocycles. The summed E-state index contributed by atoms with van der Waals surface area (Å²) in [6.07, 6.45) is 0. The summed E-state index contributed by atoms with van der Waals surface area (Å²) in [5.41, 5.74) is 7.58. The van der Waals surface area contributed by atoms with E-state index in [0.717, 1.165) is 11.1 Å². The van der Waals surface area contributed by atoms with E-state index >= 15 is 0 Å². The van der Waals surface area contributed by atoms with Gasteiger partial charge < -0.3 is 5.73 Å². The van der Waals surface area contributed by atoms with Gasteiger partial charge in [-0.2, -0.15) is 0 Å². The molecule has 0 aromatic heterocycles. The van der Waals surface area contributed by atoms with Crippen molar-refractivity contribution >= 4 is 5.91 Å². The quantitative estimate of drug-likeness (QED) is 0.782. The zero-order chi connectivity index (χ0) is 10.7. The van der Waals surface area contributed by atoms with Crippen LogP contribution in [0.3, 0.4) is 0 Å². The number of aryl methyl sites for hydroxylation is 1. The molecular weight excluding hydrogens is 174 g/mol. The van der Waals surface area contributed by atoms with E-state index in [4.69, 9.17) is 5.73 Å². The van der Waals surface area contributed by atoms with E-state index in [1.807, 2.05) is 45.0 Å². The zero-order valence-electron chi connectivity index (χ0n) is 8.95. The molecule has 76 valence electrons. The number of hydrogen-bond acceptors (Lipinski definition) is 1. The van der Waals surface area contributed by atoms with Crippen LogP contribution in [0.2, 0.25) is 0 Å². The molecule has 0 radical (unpaired) electrons. The zero-order valence-corrected chi connectivity index (χ0v) is 8.95. The summed E-state index contributed by atoms with van der Waals surface area (Å²) in [6, 6.07) is 7.90. The summed E-state index contributed by atoms with van der Waals surface area (Å²) in [5, 5.41) is 0. The predicted octanol–water partition coefficient (Wildman–Crippen LogP) is 2.22. The Morgan fingerprint density at radius 2 is 1.86 bits per heavy atom. The maximum atomic E-state index is 11.3. The van der Waals surface area contributed by atoms with Crippen molar-refractivity contribution in [2.45, 2.75) is 26.7 Å².